The third-order valence-electron chi connectivity index (χ3n) is 3.41. The Labute approximate surface area is 123 Å². The number of hydrogen-bond donors (Lipinski definition) is 0. The van der Waals surface area contributed by atoms with Crippen LogP contribution >= 0.6 is 38.6 Å². The third-order valence-corrected chi connectivity index (χ3v) is 6.24. The lowest BCUT2D eigenvalue weighted by Gasteiger charge is -2.34. The van der Waals surface area contributed by atoms with Gasteiger partial charge in [0.1, 0.15) is 0 Å². The van der Waals surface area contributed by atoms with Gasteiger partial charge in [0.25, 0.3) is 5.91 Å². The second kappa shape index (κ2) is 4.94. The van der Waals surface area contributed by atoms with Gasteiger partial charge in [-0.3, -0.25) is 4.79 Å². The van der Waals surface area contributed by atoms with Gasteiger partial charge in [-0.05, 0) is 36.3 Å². The summed E-state index contributed by atoms with van der Waals surface area (Å²) in [6, 6.07) is 4.11. The molecule has 1 aliphatic carbocycles. The molecule has 18 heavy (non-hydrogen) atoms. The van der Waals surface area contributed by atoms with E-state index in [1.807, 2.05) is 18.0 Å². The summed E-state index contributed by atoms with van der Waals surface area (Å²) in [5.41, 5.74) is 0. The number of fused-ring (bicyclic) bond motifs is 1. The molecule has 96 valence electrons. The molecule has 1 aliphatic rings. The lowest BCUT2D eigenvalue weighted by atomic mass is 9.85. The fraction of sp³-hybridized carbons (Fsp3) is 0.462. The van der Waals surface area contributed by atoms with Gasteiger partial charge >= 0.3 is 0 Å². The van der Waals surface area contributed by atoms with Crippen LogP contribution in [0.4, 0.5) is 0 Å². The quantitative estimate of drug-likeness (QED) is 0.764. The Bertz CT molecular complexity index is 542. The van der Waals surface area contributed by atoms with Gasteiger partial charge in [-0.2, -0.15) is 0 Å². The molecule has 0 aromatic carbocycles. The van der Waals surface area contributed by atoms with Crippen molar-refractivity contribution in [2.75, 3.05) is 13.6 Å². The van der Waals surface area contributed by atoms with Crippen LogP contribution in [-0.2, 0) is 0 Å². The summed E-state index contributed by atoms with van der Waals surface area (Å²) in [6.07, 6.45) is 2.38. The van der Waals surface area contributed by atoms with Crippen LogP contribution < -0.4 is 0 Å². The molecule has 0 aliphatic heterocycles. The van der Waals surface area contributed by atoms with Crippen molar-refractivity contribution in [1.82, 2.24) is 4.90 Å². The van der Waals surface area contributed by atoms with Gasteiger partial charge in [-0.25, -0.2) is 0 Å². The van der Waals surface area contributed by atoms with E-state index in [0.717, 1.165) is 11.4 Å². The van der Waals surface area contributed by atoms with E-state index in [0.29, 0.717) is 10.7 Å². The van der Waals surface area contributed by atoms with Crippen molar-refractivity contribution in [1.29, 1.82) is 0 Å². The number of carbonyl (C=O) groups is 1. The van der Waals surface area contributed by atoms with Crippen LogP contribution in [0.5, 0.6) is 0 Å². The van der Waals surface area contributed by atoms with Gasteiger partial charge < -0.3 is 4.90 Å². The fourth-order valence-corrected chi connectivity index (χ4v) is 5.49. The largest absolute Gasteiger partial charge is 0.341 e. The molecule has 0 N–H and O–H groups in total. The Balaban J connectivity index is 1.68. The van der Waals surface area contributed by atoms with Crippen LogP contribution in [0.1, 0.15) is 22.5 Å². The van der Waals surface area contributed by atoms with Gasteiger partial charge in [-0.1, -0.05) is 15.9 Å². The normalized spacial score (nSPS) is 23.0. The third kappa shape index (κ3) is 2.36. The van der Waals surface area contributed by atoms with Gasteiger partial charge in [0.05, 0.1) is 4.88 Å². The smallest absolute Gasteiger partial charge is 0.263 e. The summed E-state index contributed by atoms with van der Waals surface area (Å²) in [4.78, 5) is 15.7. The second-order valence-electron chi connectivity index (χ2n) is 4.88. The van der Waals surface area contributed by atoms with Gasteiger partial charge in [0, 0.05) is 27.8 Å². The minimum Gasteiger partial charge on any atom is -0.341 e. The van der Waals surface area contributed by atoms with E-state index in [1.54, 1.807) is 22.7 Å². The Morgan fingerprint density at radius 1 is 1.50 bits per heavy atom. The van der Waals surface area contributed by atoms with Crippen molar-refractivity contribution in [2.24, 2.45) is 5.92 Å². The van der Waals surface area contributed by atoms with E-state index in [1.165, 1.54) is 22.2 Å². The summed E-state index contributed by atoms with van der Waals surface area (Å²) < 4.78 is 2.45. The maximum Gasteiger partial charge on any atom is 0.263 e. The van der Waals surface area contributed by atoms with E-state index in [2.05, 4.69) is 27.4 Å². The first-order chi connectivity index (χ1) is 8.63. The highest BCUT2D eigenvalue weighted by atomic mass is 79.9. The molecule has 2 heterocycles. The van der Waals surface area contributed by atoms with Crippen LogP contribution in [0.25, 0.3) is 9.40 Å². The molecule has 0 bridgehead atoms. The zero-order valence-electron chi connectivity index (χ0n) is 10.1. The first kappa shape index (κ1) is 12.6. The van der Waals surface area contributed by atoms with Crippen molar-refractivity contribution in [3.05, 3.63) is 22.4 Å². The molecule has 3 rings (SSSR count). The van der Waals surface area contributed by atoms with Gasteiger partial charge in [0.2, 0.25) is 0 Å². The van der Waals surface area contributed by atoms with Crippen LogP contribution in [0.2, 0.25) is 0 Å². The minimum absolute atomic E-state index is 0.168. The van der Waals surface area contributed by atoms with Crippen LogP contribution in [0.15, 0.2) is 17.5 Å². The number of hydrogen-bond acceptors (Lipinski definition) is 3. The van der Waals surface area contributed by atoms with E-state index >= 15 is 0 Å². The molecule has 0 atom stereocenters. The average molecular weight is 344 g/mol. The first-order valence-corrected chi connectivity index (χ1v) is 8.61. The summed E-state index contributed by atoms with van der Waals surface area (Å²) >= 11 is 6.89. The average Bonchev–Trinajstić information content (AvgIpc) is 2.85. The lowest BCUT2D eigenvalue weighted by molar-refractivity contribution is 0.0753. The molecule has 2 nitrogen and oxygen atoms in total. The number of amides is 1. The molecule has 0 radical (unpaired) electrons. The molecule has 0 spiro atoms. The molecule has 1 amide bonds. The van der Waals surface area contributed by atoms with E-state index < -0.39 is 0 Å². The van der Waals surface area contributed by atoms with Crippen molar-refractivity contribution < 1.29 is 4.79 Å². The zero-order valence-corrected chi connectivity index (χ0v) is 13.3. The molecule has 0 unspecified atom stereocenters. The molecule has 1 saturated carbocycles. The number of rotatable bonds is 3. The monoisotopic (exact) mass is 343 g/mol. The van der Waals surface area contributed by atoms with Crippen LogP contribution in [0, 0.1) is 5.92 Å². The van der Waals surface area contributed by atoms with Crippen molar-refractivity contribution in [3.63, 3.8) is 0 Å². The Kier molecular flexibility index (Phi) is 3.47. The fourth-order valence-electron chi connectivity index (χ4n) is 2.33. The van der Waals surface area contributed by atoms with E-state index in [9.17, 15) is 4.79 Å². The second-order valence-corrected chi connectivity index (χ2v) is 8.21. The Morgan fingerprint density at radius 3 is 2.94 bits per heavy atom. The first-order valence-electron chi connectivity index (χ1n) is 6.00. The molecular weight excluding hydrogens is 330 g/mol. The molecule has 2 aromatic rings. The highest BCUT2D eigenvalue weighted by Crippen LogP contribution is 2.34. The molecule has 0 saturated heterocycles. The zero-order chi connectivity index (χ0) is 12.7. The summed E-state index contributed by atoms with van der Waals surface area (Å²) in [6.45, 7) is 0.881. The molecule has 1 fully saturated rings. The standard InChI is InChI=1S/C13H14BrNOS2/c1-15(7-8-4-9(14)5-8)13(16)12-6-11-10(18-12)2-3-17-11/h2-3,6,8-9H,4-5,7H2,1H3. The van der Waals surface area contributed by atoms with Crippen molar-refractivity contribution >= 4 is 53.9 Å². The number of thiophene rings is 2. The van der Waals surface area contributed by atoms with Crippen molar-refractivity contribution in [3.8, 4) is 0 Å². The van der Waals surface area contributed by atoms with Gasteiger partial charge in [0.15, 0.2) is 0 Å². The summed E-state index contributed by atoms with van der Waals surface area (Å²) in [5, 5.41) is 2.07. The minimum atomic E-state index is 0.168. The summed E-state index contributed by atoms with van der Waals surface area (Å²) in [5.74, 6) is 0.839. The van der Waals surface area contributed by atoms with Crippen LogP contribution in [-0.4, -0.2) is 29.2 Å². The number of alkyl halides is 1. The Morgan fingerprint density at radius 2 is 2.28 bits per heavy atom. The van der Waals surface area contributed by atoms with Crippen molar-refractivity contribution in [2.45, 2.75) is 17.7 Å². The highest BCUT2D eigenvalue weighted by molar-refractivity contribution is 9.09. The predicted molar refractivity (Wildman–Crippen MR) is 82.1 cm³/mol. The summed E-state index contributed by atoms with van der Waals surface area (Å²) in [7, 11) is 1.91. The number of nitrogens with zero attached hydrogens (tertiary/aromatic N) is 1. The van der Waals surface area contributed by atoms with Crippen LogP contribution in [0.3, 0.4) is 0 Å². The SMILES string of the molecule is CN(CC1CC(Br)C1)C(=O)c1cc2sccc2s1. The van der Waals surface area contributed by atoms with E-state index in [-0.39, 0.29) is 5.91 Å². The van der Waals surface area contributed by atoms with Gasteiger partial charge in [-0.15, -0.1) is 22.7 Å². The molecule has 5 heteroatoms. The number of halogens is 1. The number of carbonyl (C=O) groups excluding carboxylic acids is 1. The Hall–Kier alpha value is -0.390. The topological polar surface area (TPSA) is 20.3 Å². The lowest BCUT2D eigenvalue weighted by Crippen LogP contribution is -2.37. The molecular formula is C13H14BrNOS2. The van der Waals surface area contributed by atoms with E-state index in [4.69, 9.17) is 0 Å². The highest BCUT2D eigenvalue weighted by Gasteiger charge is 2.29. The maximum absolute atomic E-state index is 12.3. The molecule has 2 aromatic heterocycles. The maximum atomic E-state index is 12.3. The predicted octanol–water partition coefficient (Wildman–Crippen LogP) is 4.21.